The Balaban J connectivity index is 2.49. The number of aromatic nitrogens is 4. The van der Waals surface area contributed by atoms with Gasteiger partial charge in [-0.15, -0.1) is 5.10 Å². The standard InChI is InChI=1S/C11H14FN5/c1-3-4-17-11(14-15-16-17)8-5-9(12)7(2)10(13)6-8/h5-6H,3-4,13H2,1-2H3. The molecular weight excluding hydrogens is 221 g/mol. The second-order valence-electron chi connectivity index (χ2n) is 3.90. The highest BCUT2D eigenvalue weighted by atomic mass is 19.1. The molecular formula is C11H14FN5. The lowest BCUT2D eigenvalue weighted by atomic mass is 10.1. The predicted octanol–water partition coefficient (Wildman–Crippen LogP) is 1.78. The minimum Gasteiger partial charge on any atom is -0.398 e. The highest BCUT2D eigenvalue weighted by Gasteiger charge is 2.12. The molecule has 5 nitrogen and oxygen atoms in total. The second kappa shape index (κ2) is 4.48. The van der Waals surface area contributed by atoms with E-state index in [1.165, 1.54) is 6.07 Å². The molecule has 0 aliphatic heterocycles. The molecule has 17 heavy (non-hydrogen) atoms. The minimum absolute atomic E-state index is 0.342. The van der Waals surface area contributed by atoms with E-state index in [-0.39, 0.29) is 5.82 Å². The summed E-state index contributed by atoms with van der Waals surface area (Å²) in [5.41, 5.74) is 7.19. The van der Waals surface area contributed by atoms with E-state index in [0.717, 1.165) is 6.42 Å². The van der Waals surface area contributed by atoms with E-state index in [2.05, 4.69) is 15.5 Å². The second-order valence-corrected chi connectivity index (χ2v) is 3.90. The number of halogens is 1. The third-order valence-corrected chi connectivity index (χ3v) is 2.61. The fraction of sp³-hybridized carbons (Fsp3) is 0.364. The van der Waals surface area contributed by atoms with E-state index in [0.29, 0.717) is 29.2 Å². The van der Waals surface area contributed by atoms with Crippen LogP contribution in [0.4, 0.5) is 10.1 Å². The third kappa shape index (κ3) is 2.11. The highest BCUT2D eigenvalue weighted by molar-refractivity contribution is 5.63. The molecule has 0 saturated carbocycles. The average Bonchev–Trinajstić information content (AvgIpc) is 2.74. The van der Waals surface area contributed by atoms with Gasteiger partial charge in [-0.05, 0) is 35.9 Å². The van der Waals surface area contributed by atoms with Crippen molar-refractivity contribution in [2.24, 2.45) is 0 Å². The Bertz CT molecular complexity index is 511. The van der Waals surface area contributed by atoms with Gasteiger partial charge in [0.05, 0.1) is 0 Å². The molecule has 0 fully saturated rings. The Morgan fingerprint density at radius 3 is 2.82 bits per heavy atom. The first-order valence-corrected chi connectivity index (χ1v) is 5.45. The first-order chi connectivity index (χ1) is 8.13. The molecule has 0 saturated heterocycles. The monoisotopic (exact) mass is 235 g/mol. The van der Waals surface area contributed by atoms with Gasteiger partial charge < -0.3 is 5.73 Å². The molecule has 2 N–H and O–H groups in total. The molecule has 0 aliphatic carbocycles. The van der Waals surface area contributed by atoms with Crippen molar-refractivity contribution in [1.82, 2.24) is 20.2 Å². The zero-order valence-corrected chi connectivity index (χ0v) is 9.81. The molecule has 0 atom stereocenters. The van der Waals surface area contributed by atoms with Gasteiger partial charge in [0.25, 0.3) is 0 Å². The Kier molecular flexibility index (Phi) is 3.03. The molecule has 1 heterocycles. The summed E-state index contributed by atoms with van der Waals surface area (Å²) in [7, 11) is 0. The smallest absolute Gasteiger partial charge is 0.182 e. The normalized spacial score (nSPS) is 10.8. The van der Waals surface area contributed by atoms with Gasteiger partial charge in [-0.1, -0.05) is 6.92 Å². The molecule has 0 unspecified atom stereocenters. The van der Waals surface area contributed by atoms with Crippen molar-refractivity contribution in [2.75, 3.05) is 5.73 Å². The van der Waals surface area contributed by atoms with Crippen LogP contribution < -0.4 is 5.73 Å². The average molecular weight is 235 g/mol. The van der Waals surface area contributed by atoms with Crippen molar-refractivity contribution in [3.05, 3.63) is 23.5 Å². The van der Waals surface area contributed by atoms with Crippen molar-refractivity contribution in [3.63, 3.8) is 0 Å². The minimum atomic E-state index is -0.342. The maximum atomic E-state index is 13.6. The van der Waals surface area contributed by atoms with Crippen molar-refractivity contribution in [3.8, 4) is 11.4 Å². The quantitative estimate of drug-likeness (QED) is 0.823. The van der Waals surface area contributed by atoms with Crippen LogP contribution in [0.5, 0.6) is 0 Å². The summed E-state index contributed by atoms with van der Waals surface area (Å²) < 4.78 is 15.2. The maximum Gasteiger partial charge on any atom is 0.182 e. The first-order valence-electron chi connectivity index (χ1n) is 5.45. The molecule has 0 radical (unpaired) electrons. The number of nitrogen functional groups attached to an aromatic ring is 1. The zero-order valence-electron chi connectivity index (χ0n) is 9.81. The number of nitrogens with two attached hydrogens (primary N) is 1. The summed E-state index contributed by atoms with van der Waals surface area (Å²) in [4.78, 5) is 0. The van der Waals surface area contributed by atoms with E-state index in [9.17, 15) is 4.39 Å². The number of anilines is 1. The van der Waals surface area contributed by atoms with Crippen LogP contribution in [-0.4, -0.2) is 20.2 Å². The summed E-state index contributed by atoms with van der Waals surface area (Å²) in [5.74, 6) is 0.198. The molecule has 0 bridgehead atoms. The maximum absolute atomic E-state index is 13.6. The SMILES string of the molecule is CCCn1nnnc1-c1cc(N)c(C)c(F)c1. The fourth-order valence-electron chi connectivity index (χ4n) is 1.60. The number of hydrogen-bond acceptors (Lipinski definition) is 4. The molecule has 90 valence electrons. The van der Waals surface area contributed by atoms with Crippen LogP contribution in [0.3, 0.4) is 0 Å². The van der Waals surface area contributed by atoms with E-state index in [4.69, 9.17) is 5.73 Å². The van der Waals surface area contributed by atoms with E-state index < -0.39 is 0 Å². The van der Waals surface area contributed by atoms with Crippen molar-refractivity contribution >= 4 is 5.69 Å². The van der Waals surface area contributed by atoms with Crippen LogP contribution in [0.15, 0.2) is 12.1 Å². The van der Waals surface area contributed by atoms with Gasteiger partial charge in [0, 0.05) is 23.4 Å². The number of benzene rings is 1. The number of nitrogens with zero attached hydrogens (tertiary/aromatic N) is 4. The van der Waals surface area contributed by atoms with Crippen LogP contribution in [-0.2, 0) is 6.54 Å². The number of tetrazole rings is 1. The molecule has 6 heteroatoms. The summed E-state index contributed by atoms with van der Waals surface area (Å²) in [5, 5.41) is 11.4. The molecule has 2 rings (SSSR count). The summed E-state index contributed by atoms with van der Waals surface area (Å²) in [6.07, 6.45) is 0.905. The molecule has 0 spiro atoms. The van der Waals surface area contributed by atoms with Gasteiger partial charge in [-0.3, -0.25) is 0 Å². The molecule has 0 amide bonds. The highest BCUT2D eigenvalue weighted by Crippen LogP contribution is 2.24. The van der Waals surface area contributed by atoms with Gasteiger partial charge >= 0.3 is 0 Å². The first kappa shape index (κ1) is 11.5. The lowest BCUT2D eigenvalue weighted by Crippen LogP contribution is -2.03. The summed E-state index contributed by atoms with van der Waals surface area (Å²) in [6, 6.07) is 3.10. The van der Waals surface area contributed by atoms with Gasteiger partial charge in [0.1, 0.15) is 5.82 Å². The molecule has 1 aromatic heterocycles. The van der Waals surface area contributed by atoms with Crippen molar-refractivity contribution < 1.29 is 4.39 Å². The summed E-state index contributed by atoms with van der Waals surface area (Å²) in [6.45, 7) is 4.36. The van der Waals surface area contributed by atoms with Crippen LogP contribution in [0.1, 0.15) is 18.9 Å². The number of aryl methyl sites for hydroxylation is 1. The Labute approximate surface area is 98.4 Å². The van der Waals surface area contributed by atoms with Crippen molar-refractivity contribution in [1.29, 1.82) is 0 Å². The van der Waals surface area contributed by atoms with Crippen LogP contribution in [0, 0.1) is 12.7 Å². The molecule has 0 aliphatic rings. The van der Waals surface area contributed by atoms with Gasteiger partial charge in [0.2, 0.25) is 0 Å². The lowest BCUT2D eigenvalue weighted by Gasteiger charge is -2.06. The Morgan fingerprint density at radius 2 is 2.18 bits per heavy atom. The lowest BCUT2D eigenvalue weighted by molar-refractivity contribution is 0.582. The summed E-state index contributed by atoms with van der Waals surface area (Å²) >= 11 is 0. The van der Waals surface area contributed by atoms with Crippen molar-refractivity contribution in [2.45, 2.75) is 26.8 Å². The molecule has 2 aromatic rings. The largest absolute Gasteiger partial charge is 0.398 e. The predicted molar refractivity (Wildman–Crippen MR) is 62.7 cm³/mol. The third-order valence-electron chi connectivity index (χ3n) is 2.61. The number of hydrogen-bond donors (Lipinski definition) is 1. The van der Waals surface area contributed by atoms with E-state index in [1.807, 2.05) is 6.92 Å². The van der Waals surface area contributed by atoms with Crippen LogP contribution >= 0.6 is 0 Å². The van der Waals surface area contributed by atoms with E-state index in [1.54, 1.807) is 17.7 Å². The van der Waals surface area contributed by atoms with Gasteiger partial charge in [0.15, 0.2) is 5.82 Å². The Morgan fingerprint density at radius 1 is 1.41 bits per heavy atom. The molecule has 1 aromatic carbocycles. The van der Waals surface area contributed by atoms with Crippen LogP contribution in [0.25, 0.3) is 11.4 Å². The number of rotatable bonds is 3. The topological polar surface area (TPSA) is 69.6 Å². The zero-order chi connectivity index (χ0) is 12.4. The van der Waals surface area contributed by atoms with Crippen LogP contribution in [0.2, 0.25) is 0 Å². The Hall–Kier alpha value is -1.98. The van der Waals surface area contributed by atoms with Gasteiger partial charge in [-0.2, -0.15) is 0 Å². The van der Waals surface area contributed by atoms with Gasteiger partial charge in [-0.25, -0.2) is 9.07 Å². The fourth-order valence-corrected chi connectivity index (χ4v) is 1.60. The van der Waals surface area contributed by atoms with E-state index >= 15 is 0 Å².